The second-order valence-corrected chi connectivity index (χ2v) is 3.47. The van der Waals surface area contributed by atoms with Crippen LogP contribution in [0.15, 0.2) is 4.52 Å². The molecule has 2 N–H and O–H groups in total. The van der Waals surface area contributed by atoms with E-state index in [4.69, 9.17) is 19.7 Å². The monoisotopic (exact) mass is 215 g/mol. The highest BCUT2D eigenvalue weighted by Crippen LogP contribution is 2.07. The Bertz CT molecular complexity index is 288. The predicted molar refractivity (Wildman–Crippen MR) is 53.0 cm³/mol. The number of nitrogens with zero attached hydrogens (tertiary/aromatic N) is 2. The number of methoxy groups -OCH3 is 1. The standard InChI is InChI=1S/C9H17N3O3/c1-6(2)14-5-8-11-9(12-15-8)7(10)4-13-3/h6-7H,4-5,10H2,1-3H3. The molecule has 0 aliphatic heterocycles. The van der Waals surface area contributed by atoms with Crippen LogP contribution in [0.1, 0.15) is 31.6 Å². The lowest BCUT2D eigenvalue weighted by atomic mass is 10.3. The van der Waals surface area contributed by atoms with Gasteiger partial charge in [0.2, 0.25) is 0 Å². The third-order valence-corrected chi connectivity index (χ3v) is 1.70. The molecule has 0 spiro atoms. The van der Waals surface area contributed by atoms with Gasteiger partial charge in [0.1, 0.15) is 6.61 Å². The molecule has 1 atom stereocenters. The topological polar surface area (TPSA) is 83.4 Å². The number of hydrogen-bond acceptors (Lipinski definition) is 6. The van der Waals surface area contributed by atoms with Crippen LogP contribution in [-0.4, -0.2) is 30.0 Å². The van der Waals surface area contributed by atoms with Crippen LogP contribution in [0, 0.1) is 0 Å². The third-order valence-electron chi connectivity index (χ3n) is 1.70. The molecule has 86 valence electrons. The SMILES string of the molecule is COCC(N)c1noc(COC(C)C)n1. The summed E-state index contributed by atoms with van der Waals surface area (Å²) in [6.07, 6.45) is 0.132. The van der Waals surface area contributed by atoms with E-state index in [1.54, 1.807) is 7.11 Å². The highest BCUT2D eigenvalue weighted by atomic mass is 16.5. The predicted octanol–water partition coefficient (Wildman–Crippen LogP) is 0.641. The molecule has 1 heterocycles. The molecule has 1 aromatic rings. The summed E-state index contributed by atoms with van der Waals surface area (Å²) >= 11 is 0. The highest BCUT2D eigenvalue weighted by Gasteiger charge is 2.14. The van der Waals surface area contributed by atoms with Crippen LogP contribution in [0.4, 0.5) is 0 Å². The van der Waals surface area contributed by atoms with E-state index in [9.17, 15) is 0 Å². The zero-order valence-electron chi connectivity index (χ0n) is 9.27. The first kappa shape index (κ1) is 12.1. The van der Waals surface area contributed by atoms with Crippen molar-refractivity contribution in [1.29, 1.82) is 0 Å². The largest absolute Gasteiger partial charge is 0.383 e. The molecular weight excluding hydrogens is 198 g/mol. The van der Waals surface area contributed by atoms with Crippen molar-refractivity contribution in [2.75, 3.05) is 13.7 Å². The van der Waals surface area contributed by atoms with Crippen molar-refractivity contribution in [1.82, 2.24) is 10.1 Å². The average Bonchev–Trinajstić information content (AvgIpc) is 2.63. The number of ether oxygens (including phenoxy) is 2. The first-order valence-corrected chi connectivity index (χ1v) is 4.82. The Morgan fingerprint density at radius 3 is 2.80 bits per heavy atom. The van der Waals surface area contributed by atoms with Gasteiger partial charge in [-0.15, -0.1) is 0 Å². The van der Waals surface area contributed by atoms with Gasteiger partial charge in [-0.05, 0) is 13.8 Å². The molecular formula is C9H17N3O3. The van der Waals surface area contributed by atoms with Crippen LogP contribution >= 0.6 is 0 Å². The summed E-state index contributed by atoms with van der Waals surface area (Å²) < 4.78 is 15.2. The van der Waals surface area contributed by atoms with E-state index in [0.717, 1.165) is 0 Å². The number of aromatic nitrogens is 2. The summed E-state index contributed by atoms with van der Waals surface area (Å²) in [4.78, 5) is 4.09. The molecule has 6 nitrogen and oxygen atoms in total. The Morgan fingerprint density at radius 2 is 2.20 bits per heavy atom. The highest BCUT2D eigenvalue weighted by molar-refractivity contribution is 4.92. The minimum atomic E-state index is -0.355. The van der Waals surface area contributed by atoms with E-state index in [0.29, 0.717) is 24.9 Å². The molecule has 0 saturated carbocycles. The summed E-state index contributed by atoms with van der Waals surface area (Å²) in [6, 6.07) is -0.355. The third kappa shape index (κ3) is 3.94. The molecule has 0 amide bonds. The van der Waals surface area contributed by atoms with Crippen LogP contribution in [0.3, 0.4) is 0 Å². The van der Waals surface area contributed by atoms with Gasteiger partial charge >= 0.3 is 0 Å². The zero-order valence-corrected chi connectivity index (χ0v) is 9.27. The molecule has 0 aliphatic carbocycles. The summed E-state index contributed by atoms with van der Waals surface area (Å²) in [6.45, 7) is 4.55. The summed E-state index contributed by atoms with van der Waals surface area (Å²) in [5.41, 5.74) is 5.72. The molecule has 0 aromatic carbocycles. The van der Waals surface area contributed by atoms with Gasteiger partial charge < -0.3 is 19.7 Å². The number of rotatable bonds is 6. The van der Waals surface area contributed by atoms with E-state index in [1.807, 2.05) is 13.8 Å². The minimum Gasteiger partial charge on any atom is -0.383 e. The van der Waals surface area contributed by atoms with E-state index in [1.165, 1.54) is 0 Å². The number of nitrogens with two attached hydrogens (primary N) is 1. The van der Waals surface area contributed by atoms with Gasteiger partial charge in [-0.25, -0.2) is 0 Å². The zero-order chi connectivity index (χ0) is 11.3. The second-order valence-electron chi connectivity index (χ2n) is 3.47. The minimum absolute atomic E-state index is 0.132. The van der Waals surface area contributed by atoms with Crippen molar-refractivity contribution in [3.8, 4) is 0 Å². The molecule has 0 aliphatic rings. The number of hydrogen-bond donors (Lipinski definition) is 1. The quantitative estimate of drug-likeness (QED) is 0.749. The van der Waals surface area contributed by atoms with Crippen molar-refractivity contribution in [2.24, 2.45) is 5.73 Å². The lowest BCUT2D eigenvalue weighted by Gasteiger charge is -2.04. The fourth-order valence-electron chi connectivity index (χ4n) is 0.969. The Morgan fingerprint density at radius 1 is 1.47 bits per heavy atom. The first-order chi connectivity index (χ1) is 7.13. The maximum atomic E-state index is 5.72. The van der Waals surface area contributed by atoms with Crippen LogP contribution in [0.25, 0.3) is 0 Å². The van der Waals surface area contributed by atoms with Gasteiger partial charge in [0.05, 0.1) is 18.8 Å². The fraction of sp³-hybridized carbons (Fsp3) is 0.778. The molecule has 1 unspecified atom stereocenters. The molecule has 1 aromatic heterocycles. The maximum Gasteiger partial charge on any atom is 0.252 e. The summed E-state index contributed by atoms with van der Waals surface area (Å²) in [5, 5.41) is 3.74. The van der Waals surface area contributed by atoms with Gasteiger partial charge in [-0.1, -0.05) is 5.16 Å². The van der Waals surface area contributed by atoms with Gasteiger partial charge in [-0.2, -0.15) is 4.98 Å². The molecule has 15 heavy (non-hydrogen) atoms. The Kier molecular flexibility index (Phi) is 4.67. The normalized spacial score (nSPS) is 13.4. The van der Waals surface area contributed by atoms with Crippen LogP contribution in [-0.2, 0) is 16.1 Å². The summed E-state index contributed by atoms with van der Waals surface area (Å²) in [7, 11) is 1.57. The molecule has 0 saturated heterocycles. The van der Waals surface area contributed by atoms with Crippen LogP contribution in [0.5, 0.6) is 0 Å². The van der Waals surface area contributed by atoms with E-state index in [2.05, 4.69) is 10.1 Å². The maximum absolute atomic E-state index is 5.72. The second kappa shape index (κ2) is 5.79. The van der Waals surface area contributed by atoms with Crippen molar-refractivity contribution >= 4 is 0 Å². The lowest BCUT2D eigenvalue weighted by Crippen LogP contribution is -2.17. The van der Waals surface area contributed by atoms with Crippen molar-refractivity contribution in [3.63, 3.8) is 0 Å². The molecule has 0 radical (unpaired) electrons. The Hall–Kier alpha value is -0.980. The smallest absolute Gasteiger partial charge is 0.252 e. The van der Waals surface area contributed by atoms with Crippen molar-refractivity contribution < 1.29 is 14.0 Å². The van der Waals surface area contributed by atoms with E-state index in [-0.39, 0.29) is 12.1 Å². The van der Waals surface area contributed by atoms with Gasteiger partial charge in [0, 0.05) is 7.11 Å². The van der Waals surface area contributed by atoms with Gasteiger partial charge in [0.15, 0.2) is 5.82 Å². The van der Waals surface area contributed by atoms with E-state index >= 15 is 0 Å². The molecule has 0 bridgehead atoms. The van der Waals surface area contributed by atoms with Gasteiger partial charge in [0.25, 0.3) is 5.89 Å². The van der Waals surface area contributed by atoms with Gasteiger partial charge in [-0.3, -0.25) is 0 Å². The Labute approximate surface area is 88.7 Å². The fourth-order valence-corrected chi connectivity index (χ4v) is 0.969. The molecule has 6 heteroatoms. The first-order valence-electron chi connectivity index (χ1n) is 4.82. The van der Waals surface area contributed by atoms with Crippen molar-refractivity contribution in [2.45, 2.75) is 32.6 Å². The van der Waals surface area contributed by atoms with Crippen molar-refractivity contribution in [3.05, 3.63) is 11.7 Å². The van der Waals surface area contributed by atoms with Crippen LogP contribution < -0.4 is 5.73 Å². The summed E-state index contributed by atoms with van der Waals surface area (Å²) in [5.74, 6) is 0.879. The Balaban J connectivity index is 2.48. The average molecular weight is 215 g/mol. The molecule has 1 rings (SSSR count). The lowest BCUT2D eigenvalue weighted by molar-refractivity contribution is 0.0485. The van der Waals surface area contributed by atoms with E-state index < -0.39 is 0 Å². The van der Waals surface area contributed by atoms with Crippen LogP contribution in [0.2, 0.25) is 0 Å². The molecule has 0 fully saturated rings.